The molecule has 3 N–H and O–H groups in total. The number of benzene rings is 1. The first-order valence-corrected chi connectivity index (χ1v) is 11.6. The van der Waals surface area contributed by atoms with Gasteiger partial charge in [-0.15, -0.1) is 11.3 Å². The fourth-order valence-electron chi connectivity index (χ4n) is 3.04. The van der Waals surface area contributed by atoms with E-state index in [0.717, 1.165) is 4.88 Å². The molecule has 0 aliphatic heterocycles. The van der Waals surface area contributed by atoms with Crippen LogP contribution in [0.2, 0.25) is 5.02 Å². The second-order valence-corrected chi connectivity index (χ2v) is 8.54. The van der Waals surface area contributed by atoms with Crippen LogP contribution >= 0.6 is 22.9 Å². The van der Waals surface area contributed by atoms with Gasteiger partial charge in [0.1, 0.15) is 18.4 Å². The summed E-state index contributed by atoms with van der Waals surface area (Å²) in [6.45, 7) is 2.63. The highest BCUT2D eigenvalue weighted by Gasteiger charge is 2.12. The second kappa shape index (κ2) is 10.9. The molecular formula is C21H21ClN8O3S. The van der Waals surface area contributed by atoms with Crippen LogP contribution in [0, 0.1) is 0 Å². The first-order valence-electron chi connectivity index (χ1n) is 10.4. The lowest BCUT2D eigenvalue weighted by Crippen LogP contribution is -2.19. The molecule has 176 valence electrons. The van der Waals surface area contributed by atoms with Crippen molar-refractivity contribution < 1.29 is 14.3 Å². The molecule has 0 aliphatic carbocycles. The number of halogens is 1. The van der Waals surface area contributed by atoms with Crippen molar-refractivity contribution in [2.24, 2.45) is 0 Å². The average molecular weight is 501 g/mol. The molecule has 0 fully saturated rings. The zero-order valence-corrected chi connectivity index (χ0v) is 19.7. The van der Waals surface area contributed by atoms with Crippen LogP contribution in [0.15, 0.2) is 43.0 Å². The number of urea groups is 1. The van der Waals surface area contributed by atoms with Crippen molar-refractivity contribution in [3.8, 4) is 0 Å². The van der Waals surface area contributed by atoms with Gasteiger partial charge in [-0.3, -0.25) is 14.8 Å². The van der Waals surface area contributed by atoms with E-state index in [9.17, 15) is 9.59 Å². The number of aromatic nitrogens is 5. The number of fused-ring (bicyclic) bond motifs is 1. The Bertz CT molecular complexity index is 1310. The van der Waals surface area contributed by atoms with Gasteiger partial charge < -0.3 is 15.4 Å². The van der Waals surface area contributed by atoms with Gasteiger partial charge in [-0.2, -0.15) is 5.10 Å². The third-order valence-electron chi connectivity index (χ3n) is 4.47. The highest BCUT2D eigenvalue weighted by Crippen LogP contribution is 2.21. The summed E-state index contributed by atoms with van der Waals surface area (Å²) in [7, 11) is 0. The minimum absolute atomic E-state index is 0.00513. The van der Waals surface area contributed by atoms with E-state index in [0.29, 0.717) is 52.3 Å². The van der Waals surface area contributed by atoms with E-state index in [1.807, 2.05) is 0 Å². The number of nitrogens with zero attached hydrogens (tertiary/aromatic N) is 5. The lowest BCUT2D eigenvalue weighted by molar-refractivity contribution is -0.144. The van der Waals surface area contributed by atoms with Crippen molar-refractivity contribution in [2.75, 3.05) is 29.1 Å². The van der Waals surface area contributed by atoms with Gasteiger partial charge in [-0.05, 0) is 25.1 Å². The van der Waals surface area contributed by atoms with Crippen molar-refractivity contribution in [1.82, 2.24) is 24.7 Å². The summed E-state index contributed by atoms with van der Waals surface area (Å²) < 4.78 is 6.44. The number of nitrogens with one attached hydrogen (secondary N) is 3. The molecule has 0 bridgehead atoms. The minimum Gasteiger partial charge on any atom is -0.465 e. The first-order chi connectivity index (χ1) is 16.5. The summed E-state index contributed by atoms with van der Waals surface area (Å²) >= 11 is 7.31. The Morgan fingerprint density at radius 3 is 2.91 bits per heavy atom. The van der Waals surface area contributed by atoms with Crippen LogP contribution in [-0.4, -0.2) is 49.9 Å². The quantitative estimate of drug-likeness (QED) is 0.295. The lowest BCUT2D eigenvalue weighted by Gasteiger charge is -2.05. The number of carbonyl (C=O) groups excluding carboxylic acids is 2. The van der Waals surface area contributed by atoms with Gasteiger partial charge in [0.25, 0.3) is 0 Å². The molecule has 13 heteroatoms. The second-order valence-electron chi connectivity index (χ2n) is 6.99. The Morgan fingerprint density at radius 1 is 1.21 bits per heavy atom. The van der Waals surface area contributed by atoms with E-state index in [-0.39, 0.29) is 12.5 Å². The van der Waals surface area contributed by atoms with E-state index in [1.165, 1.54) is 22.3 Å². The minimum atomic E-state index is -0.400. The van der Waals surface area contributed by atoms with E-state index in [1.54, 1.807) is 43.6 Å². The fourth-order valence-corrected chi connectivity index (χ4v) is 4.04. The third-order valence-corrected chi connectivity index (χ3v) is 5.67. The van der Waals surface area contributed by atoms with Crippen LogP contribution in [0.5, 0.6) is 0 Å². The molecule has 11 nitrogen and oxygen atoms in total. The lowest BCUT2D eigenvalue weighted by atomic mass is 10.3. The summed E-state index contributed by atoms with van der Waals surface area (Å²) in [5.41, 5.74) is 1.78. The SMILES string of the molecule is CCOC(=O)Cn1cc2ncnc(NCCc3cnc(NC(=O)Nc4cccc(Cl)c4)s3)c2n1. The molecule has 3 aromatic heterocycles. The summed E-state index contributed by atoms with van der Waals surface area (Å²) in [5.74, 6) is 0.199. The summed E-state index contributed by atoms with van der Waals surface area (Å²) in [4.78, 5) is 37.5. The zero-order chi connectivity index (χ0) is 23.9. The Kier molecular flexibility index (Phi) is 7.50. The van der Waals surface area contributed by atoms with E-state index >= 15 is 0 Å². The average Bonchev–Trinajstić information content (AvgIpc) is 3.40. The molecule has 34 heavy (non-hydrogen) atoms. The maximum absolute atomic E-state index is 12.2. The Morgan fingerprint density at radius 2 is 2.09 bits per heavy atom. The Balaban J connectivity index is 1.30. The van der Waals surface area contributed by atoms with Crippen molar-refractivity contribution in [1.29, 1.82) is 0 Å². The standard InChI is InChI=1S/C21H21ClN8O3S/c1-2-33-17(31)11-30-10-16-18(29-30)19(26-12-25-16)23-7-6-15-9-24-21(34-15)28-20(32)27-14-5-3-4-13(22)8-14/h3-5,8-10,12H,2,6-7,11H2,1H3,(H,23,25,26)(H2,24,27,28,32). The van der Waals surface area contributed by atoms with Crippen LogP contribution < -0.4 is 16.0 Å². The molecule has 2 amide bonds. The molecule has 0 saturated carbocycles. The number of rotatable bonds is 9. The highest BCUT2D eigenvalue weighted by atomic mass is 35.5. The maximum atomic E-state index is 12.2. The summed E-state index contributed by atoms with van der Waals surface area (Å²) in [6.07, 6.45) is 5.48. The number of hydrogen-bond acceptors (Lipinski definition) is 9. The predicted octanol–water partition coefficient (Wildman–Crippen LogP) is 3.80. The van der Waals surface area contributed by atoms with Gasteiger partial charge in [-0.1, -0.05) is 17.7 Å². The van der Waals surface area contributed by atoms with Crippen molar-refractivity contribution in [2.45, 2.75) is 19.9 Å². The maximum Gasteiger partial charge on any atom is 0.327 e. The van der Waals surface area contributed by atoms with E-state index in [2.05, 4.69) is 36.0 Å². The molecule has 0 atom stereocenters. The van der Waals surface area contributed by atoms with Crippen LogP contribution in [0.3, 0.4) is 0 Å². The summed E-state index contributed by atoms with van der Waals surface area (Å²) in [6, 6.07) is 6.48. The van der Waals surface area contributed by atoms with Crippen LogP contribution in [0.25, 0.3) is 11.0 Å². The number of anilines is 3. The topological polar surface area (TPSA) is 136 Å². The molecule has 3 heterocycles. The van der Waals surface area contributed by atoms with Gasteiger partial charge in [0.15, 0.2) is 16.5 Å². The number of esters is 1. The number of hydrogen-bond donors (Lipinski definition) is 3. The van der Waals surface area contributed by atoms with E-state index in [4.69, 9.17) is 16.3 Å². The van der Waals surface area contributed by atoms with Crippen LogP contribution in [0.4, 0.5) is 21.4 Å². The number of ether oxygens (including phenoxy) is 1. The fraction of sp³-hybridized carbons (Fsp3) is 0.238. The third kappa shape index (κ3) is 6.17. The largest absolute Gasteiger partial charge is 0.465 e. The highest BCUT2D eigenvalue weighted by molar-refractivity contribution is 7.15. The molecule has 0 radical (unpaired) electrons. The molecule has 4 aromatic rings. The van der Waals surface area contributed by atoms with Crippen molar-refractivity contribution in [3.05, 3.63) is 52.9 Å². The van der Waals surface area contributed by atoms with Gasteiger partial charge in [-0.25, -0.2) is 19.7 Å². The Hall–Kier alpha value is -3.77. The molecule has 0 spiro atoms. The molecule has 0 aliphatic rings. The van der Waals surface area contributed by atoms with E-state index < -0.39 is 6.03 Å². The number of carbonyl (C=O) groups is 2. The van der Waals surface area contributed by atoms with Crippen molar-refractivity contribution in [3.63, 3.8) is 0 Å². The monoisotopic (exact) mass is 500 g/mol. The number of thiazole rings is 1. The van der Waals surface area contributed by atoms with Crippen LogP contribution in [0.1, 0.15) is 11.8 Å². The number of amides is 2. The predicted molar refractivity (Wildman–Crippen MR) is 130 cm³/mol. The van der Waals surface area contributed by atoms with Gasteiger partial charge in [0.05, 0.1) is 12.8 Å². The van der Waals surface area contributed by atoms with Crippen molar-refractivity contribution >= 4 is 62.6 Å². The molecule has 0 unspecified atom stereocenters. The first kappa shape index (κ1) is 23.4. The van der Waals surface area contributed by atoms with Gasteiger partial charge in [0, 0.05) is 34.7 Å². The smallest absolute Gasteiger partial charge is 0.327 e. The zero-order valence-electron chi connectivity index (χ0n) is 18.1. The van der Waals surface area contributed by atoms with Gasteiger partial charge >= 0.3 is 12.0 Å². The molecule has 1 aromatic carbocycles. The Labute approximate surface area is 203 Å². The van der Waals surface area contributed by atoms with Gasteiger partial charge in [0.2, 0.25) is 0 Å². The molecular weight excluding hydrogens is 480 g/mol. The molecule has 4 rings (SSSR count). The van der Waals surface area contributed by atoms with Crippen LogP contribution in [-0.2, 0) is 22.5 Å². The summed E-state index contributed by atoms with van der Waals surface area (Å²) in [5, 5.41) is 14.1. The molecule has 0 saturated heterocycles. The normalized spacial score (nSPS) is 10.8.